The first-order valence-corrected chi connectivity index (χ1v) is 10.1. The Bertz CT molecular complexity index is 655. The molecule has 3 rings (SSSR count). The molecule has 0 N–H and O–H groups in total. The maximum absolute atomic E-state index is 12.7. The number of carbonyl (C=O) groups excluding carboxylic acids is 2. The number of nitrogens with zero attached hydrogens (tertiary/aromatic N) is 4. The minimum Gasteiger partial charge on any atom is -0.341 e. The van der Waals surface area contributed by atoms with Gasteiger partial charge in [0.1, 0.15) is 0 Å². The van der Waals surface area contributed by atoms with E-state index in [4.69, 9.17) is 0 Å². The highest BCUT2D eigenvalue weighted by molar-refractivity contribution is 5.81. The highest BCUT2D eigenvalue weighted by atomic mass is 16.2. The van der Waals surface area contributed by atoms with Gasteiger partial charge < -0.3 is 9.80 Å². The van der Waals surface area contributed by atoms with Gasteiger partial charge in [0, 0.05) is 45.0 Å². The lowest BCUT2D eigenvalue weighted by atomic mass is 9.72. The summed E-state index contributed by atoms with van der Waals surface area (Å²) in [6.45, 7) is 8.01. The highest BCUT2D eigenvalue weighted by Crippen LogP contribution is 2.40. The monoisotopic (exact) mass is 372 g/mol. The van der Waals surface area contributed by atoms with Crippen molar-refractivity contribution < 1.29 is 9.59 Å². The van der Waals surface area contributed by atoms with Gasteiger partial charge in [-0.2, -0.15) is 0 Å². The number of pyridine rings is 1. The second-order valence-electron chi connectivity index (χ2n) is 8.18. The average molecular weight is 373 g/mol. The Labute approximate surface area is 162 Å². The van der Waals surface area contributed by atoms with Gasteiger partial charge in [0.2, 0.25) is 11.8 Å². The molecule has 27 heavy (non-hydrogen) atoms. The summed E-state index contributed by atoms with van der Waals surface area (Å²) in [6.07, 6.45) is 7.10. The van der Waals surface area contributed by atoms with Crippen molar-refractivity contribution in [3.63, 3.8) is 0 Å². The maximum Gasteiger partial charge on any atom is 0.239 e. The van der Waals surface area contributed by atoms with E-state index in [0.29, 0.717) is 13.0 Å². The predicted molar refractivity (Wildman–Crippen MR) is 105 cm³/mol. The molecular formula is C21H32N4O2. The number of carbonyl (C=O) groups is 2. The Balaban J connectivity index is 1.60. The van der Waals surface area contributed by atoms with E-state index in [9.17, 15) is 9.59 Å². The average Bonchev–Trinajstić information content (AvgIpc) is 2.70. The van der Waals surface area contributed by atoms with Gasteiger partial charge in [-0.3, -0.25) is 19.5 Å². The smallest absolute Gasteiger partial charge is 0.239 e. The van der Waals surface area contributed by atoms with Crippen LogP contribution in [0.5, 0.6) is 0 Å². The summed E-state index contributed by atoms with van der Waals surface area (Å²) < 4.78 is 0. The van der Waals surface area contributed by atoms with E-state index in [0.717, 1.165) is 51.0 Å². The molecule has 2 saturated heterocycles. The van der Waals surface area contributed by atoms with E-state index < -0.39 is 0 Å². The third kappa shape index (κ3) is 4.49. The molecule has 6 heteroatoms. The number of hydrogen-bond acceptors (Lipinski definition) is 4. The van der Waals surface area contributed by atoms with Crippen molar-refractivity contribution in [2.45, 2.75) is 52.1 Å². The molecule has 6 nitrogen and oxygen atoms in total. The fourth-order valence-corrected chi connectivity index (χ4v) is 4.29. The number of amides is 2. The normalized spacial score (nSPS) is 21.0. The summed E-state index contributed by atoms with van der Waals surface area (Å²) in [5.74, 6) is 0.476. The second-order valence-corrected chi connectivity index (χ2v) is 8.18. The number of aromatic nitrogens is 1. The molecule has 1 spiro atoms. The Morgan fingerprint density at radius 1 is 1.26 bits per heavy atom. The Morgan fingerprint density at radius 2 is 1.93 bits per heavy atom. The van der Waals surface area contributed by atoms with E-state index in [1.807, 2.05) is 35.9 Å². The molecule has 0 bridgehead atoms. The quantitative estimate of drug-likeness (QED) is 0.795. The van der Waals surface area contributed by atoms with Gasteiger partial charge in [0.05, 0.1) is 6.04 Å². The summed E-state index contributed by atoms with van der Waals surface area (Å²) in [4.78, 5) is 35.3. The highest BCUT2D eigenvalue weighted by Gasteiger charge is 2.42. The molecular weight excluding hydrogens is 340 g/mol. The van der Waals surface area contributed by atoms with E-state index in [2.05, 4.69) is 16.8 Å². The third-order valence-electron chi connectivity index (χ3n) is 6.52. The van der Waals surface area contributed by atoms with Crippen LogP contribution in [0.4, 0.5) is 0 Å². The lowest BCUT2D eigenvalue weighted by molar-refractivity contribution is -0.144. The first-order valence-electron chi connectivity index (χ1n) is 10.1. The SMILES string of the molecule is CCN(C)[C@H](C)C(=O)N1CCC2(CCC(=O)N(Cc3ccncc3)C2)CC1. The van der Waals surface area contributed by atoms with Crippen molar-refractivity contribution in [3.8, 4) is 0 Å². The number of hydrogen-bond donors (Lipinski definition) is 0. The number of rotatable bonds is 5. The van der Waals surface area contributed by atoms with Crippen molar-refractivity contribution in [1.29, 1.82) is 0 Å². The summed E-state index contributed by atoms with van der Waals surface area (Å²) in [6, 6.07) is 3.88. The number of piperidine rings is 2. The van der Waals surface area contributed by atoms with Gasteiger partial charge in [0.15, 0.2) is 0 Å². The van der Waals surface area contributed by atoms with Crippen LogP contribution in [0.3, 0.4) is 0 Å². The fraction of sp³-hybridized carbons (Fsp3) is 0.667. The van der Waals surface area contributed by atoms with E-state index in [1.165, 1.54) is 0 Å². The zero-order chi connectivity index (χ0) is 19.4. The summed E-state index contributed by atoms with van der Waals surface area (Å²) in [5.41, 5.74) is 1.29. The molecule has 2 aliphatic heterocycles. The molecule has 1 atom stereocenters. The zero-order valence-electron chi connectivity index (χ0n) is 16.9. The van der Waals surface area contributed by atoms with Crippen LogP contribution in [0.15, 0.2) is 24.5 Å². The minimum atomic E-state index is -0.0693. The summed E-state index contributed by atoms with van der Waals surface area (Å²) in [7, 11) is 2.00. The molecule has 0 unspecified atom stereocenters. The van der Waals surface area contributed by atoms with E-state index in [1.54, 1.807) is 12.4 Å². The molecule has 1 aromatic heterocycles. The first kappa shape index (κ1) is 19.8. The lowest BCUT2D eigenvalue weighted by Crippen LogP contribution is -2.54. The third-order valence-corrected chi connectivity index (χ3v) is 6.52. The van der Waals surface area contributed by atoms with Crippen molar-refractivity contribution in [3.05, 3.63) is 30.1 Å². The first-order chi connectivity index (χ1) is 12.9. The van der Waals surface area contributed by atoms with Gasteiger partial charge in [0.25, 0.3) is 0 Å². The van der Waals surface area contributed by atoms with Crippen molar-refractivity contribution in [2.75, 3.05) is 33.2 Å². The largest absolute Gasteiger partial charge is 0.341 e. The molecule has 1 aromatic rings. The Kier molecular flexibility index (Phi) is 6.15. The molecule has 0 saturated carbocycles. The second kappa shape index (κ2) is 8.38. The van der Waals surface area contributed by atoms with Gasteiger partial charge in [-0.15, -0.1) is 0 Å². The van der Waals surface area contributed by atoms with Crippen molar-refractivity contribution in [1.82, 2.24) is 19.7 Å². The Hall–Kier alpha value is -1.95. The molecule has 2 fully saturated rings. The fourth-order valence-electron chi connectivity index (χ4n) is 4.29. The van der Waals surface area contributed by atoms with Crippen LogP contribution in [0.1, 0.15) is 45.1 Å². The molecule has 0 radical (unpaired) electrons. The number of likely N-dealkylation sites (N-methyl/N-ethyl adjacent to an activating group) is 1. The summed E-state index contributed by atoms with van der Waals surface area (Å²) >= 11 is 0. The minimum absolute atomic E-state index is 0.0693. The maximum atomic E-state index is 12.7. The van der Waals surface area contributed by atoms with Crippen molar-refractivity contribution in [2.24, 2.45) is 5.41 Å². The van der Waals surface area contributed by atoms with E-state index >= 15 is 0 Å². The molecule has 3 heterocycles. The van der Waals surface area contributed by atoms with Gasteiger partial charge in [-0.05, 0) is 62.9 Å². The molecule has 0 aliphatic carbocycles. The van der Waals surface area contributed by atoms with Crippen LogP contribution in [0.25, 0.3) is 0 Å². The van der Waals surface area contributed by atoms with Crippen LogP contribution in [-0.4, -0.2) is 70.8 Å². The predicted octanol–water partition coefficient (Wildman–Crippen LogP) is 2.15. The topological polar surface area (TPSA) is 56.8 Å². The summed E-state index contributed by atoms with van der Waals surface area (Å²) in [5, 5.41) is 0. The number of likely N-dealkylation sites (tertiary alicyclic amines) is 2. The van der Waals surface area contributed by atoms with Gasteiger partial charge in [-0.25, -0.2) is 0 Å². The molecule has 0 aromatic carbocycles. The van der Waals surface area contributed by atoms with Gasteiger partial charge >= 0.3 is 0 Å². The zero-order valence-corrected chi connectivity index (χ0v) is 16.9. The molecule has 148 valence electrons. The Morgan fingerprint density at radius 3 is 2.56 bits per heavy atom. The van der Waals surface area contributed by atoms with Crippen LogP contribution >= 0.6 is 0 Å². The molecule has 2 aliphatic rings. The lowest BCUT2D eigenvalue weighted by Gasteiger charge is -2.48. The van der Waals surface area contributed by atoms with Gasteiger partial charge in [-0.1, -0.05) is 6.92 Å². The van der Waals surface area contributed by atoms with Crippen LogP contribution in [-0.2, 0) is 16.1 Å². The van der Waals surface area contributed by atoms with Crippen LogP contribution in [0.2, 0.25) is 0 Å². The van der Waals surface area contributed by atoms with E-state index in [-0.39, 0.29) is 23.3 Å². The van der Waals surface area contributed by atoms with Crippen LogP contribution < -0.4 is 0 Å². The molecule has 2 amide bonds. The van der Waals surface area contributed by atoms with Crippen molar-refractivity contribution >= 4 is 11.8 Å². The standard InChI is InChI=1S/C21H32N4O2/c1-4-23(3)17(2)20(27)24-13-9-21(10-14-24)8-5-19(26)25(16-21)15-18-6-11-22-12-7-18/h6-7,11-12,17H,4-5,8-10,13-16H2,1-3H3/t17-/m1/s1. The van der Waals surface area contributed by atoms with Crippen LogP contribution in [0, 0.1) is 5.41 Å².